The van der Waals surface area contributed by atoms with Gasteiger partial charge in [-0.25, -0.2) is 13.5 Å². The summed E-state index contributed by atoms with van der Waals surface area (Å²) in [4.78, 5) is 11.7. The largest absolute Gasteiger partial charge is 0.497 e. The SMILES string of the molecule is COc1ccc(Cn2nccc(C(F)F)c2=O)cc1. The van der Waals surface area contributed by atoms with E-state index in [0.717, 1.165) is 16.3 Å². The van der Waals surface area contributed by atoms with Crippen LogP contribution in [0.15, 0.2) is 41.3 Å². The van der Waals surface area contributed by atoms with Crippen LogP contribution in [-0.2, 0) is 6.54 Å². The highest BCUT2D eigenvalue weighted by atomic mass is 19.3. The highest BCUT2D eigenvalue weighted by Gasteiger charge is 2.14. The van der Waals surface area contributed by atoms with Gasteiger partial charge in [0.2, 0.25) is 0 Å². The molecule has 0 aliphatic carbocycles. The summed E-state index contributed by atoms with van der Waals surface area (Å²) in [7, 11) is 1.55. The number of alkyl halides is 2. The first-order valence-corrected chi connectivity index (χ1v) is 5.59. The van der Waals surface area contributed by atoms with Crippen LogP contribution >= 0.6 is 0 Å². The highest BCUT2D eigenvalue weighted by molar-refractivity contribution is 5.27. The maximum Gasteiger partial charge on any atom is 0.276 e. The molecule has 0 spiro atoms. The second kappa shape index (κ2) is 5.60. The van der Waals surface area contributed by atoms with Gasteiger partial charge in [0.1, 0.15) is 5.75 Å². The Bertz CT molecular complexity index is 609. The Labute approximate surface area is 108 Å². The molecule has 0 amide bonds. The molecule has 100 valence electrons. The minimum atomic E-state index is -2.79. The molecule has 0 fully saturated rings. The predicted molar refractivity (Wildman–Crippen MR) is 65.6 cm³/mol. The van der Waals surface area contributed by atoms with Crippen molar-refractivity contribution in [2.75, 3.05) is 7.11 Å². The normalized spacial score (nSPS) is 10.7. The van der Waals surface area contributed by atoms with Crippen molar-refractivity contribution < 1.29 is 13.5 Å². The molecule has 19 heavy (non-hydrogen) atoms. The fraction of sp³-hybridized carbons (Fsp3) is 0.231. The number of methoxy groups -OCH3 is 1. The number of ether oxygens (including phenoxy) is 1. The van der Waals surface area contributed by atoms with Crippen LogP contribution in [0.3, 0.4) is 0 Å². The van der Waals surface area contributed by atoms with Gasteiger partial charge in [-0.05, 0) is 23.8 Å². The molecule has 2 rings (SSSR count). The summed E-state index contributed by atoms with van der Waals surface area (Å²) >= 11 is 0. The van der Waals surface area contributed by atoms with E-state index in [0.29, 0.717) is 5.75 Å². The molecule has 4 nitrogen and oxygen atoms in total. The van der Waals surface area contributed by atoms with E-state index >= 15 is 0 Å². The molecule has 1 aromatic heterocycles. The van der Waals surface area contributed by atoms with E-state index in [1.165, 1.54) is 6.20 Å². The summed E-state index contributed by atoms with van der Waals surface area (Å²) in [6.07, 6.45) is -1.59. The number of hydrogen-bond acceptors (Lipinski definition) is 3. The van der Waals surface area contributed by atoms with Crippen molar-refractivity contribution in [1.29, 1.82) is 0 Å². The van der Waals surface area contributed by atoms with Crippen LogP contribution in [0.4, 0.5) is 8.78 Å². The minimum absolute atomic E-state index is 0.142. The van der Waals surface area contributed by atoms with E-state index < -0.39 is 17.5 Å². The molecule has 0 radical (unpaired) electrons. The first-order valence-electron chi connectivity index (χ1n) is 5.59. The lowest BCUT2D eigenvalue weighted by atomic mass is 10.2. The summed E-state index contributed by atoms with van der Waals surface area (Å²) in [6, 6.07) is 8.01. The predicted octanol–water partition coefficient (Wildman–Crippen LogP) is 2.24. The molecule has 1 aromatic carbocycles. The van der Waals surface area contributed by atoms with Gasteiger partial charge in [-0.15, -0.1) is 0 Å². The van der Waals surface area contributed by atoms with Crippen LogP contribution in [0.1, 0.15) is 17.6 Å². The molecule has 0 atom stereocenters. The van der Waals surface area contributed by atoms with Gasteiger partial charge in [0, 0.05) is 6.20 Å². The molecule has 0 saturated carbocycles. The highest BCUT2D eigenvalue weighted by Crippen LogP contribution is 2.14. The van der Waals surface area contributed by atoms with E-state index in [1.54, 1.807) is 31.4 Å². The lowest BCUT2D eigenvalue weighted by molar-refractivity contribution is 0.148. The van der Waals surface area contributed by atoms with Crippen molar-refractivity contribution in [2.45, 2.75) is 13.0 Å². The zero-order valence-electron chi connectivity index (χ0n) is 10.2. The van der Waals surface area contributed by atoms with Crippen molar-refractivity contribution >= 4 is 0 Å². The molecule has 0 aliphatic heterocycles. The molecular formula is C13H12F2N2O2. The second-order valence-electron chi connectivity index (χ2n) is 3.90. The van der Waals surface area contributed by atoms with Crippen LogP contribution in [0, 0.1) is 0 Å². The van der Waals surface area contributed by atoms with Crippen molar-refractivity contribution in [3.8, 4) is 5.75 Å². The Hall–Kier alpha value is -2.24. The Kier molecular flexibility index (Phi) is 3.89. The molecule has 6 heteroatoms. The zero-order chi connectivity index (χ0) is 13.8. The third-order valence-corrected chi connectivity index (χ3v) is 2.67. The van der Waals surface area contributed by atoms with Crippen molar-refractivity contribution in [1.82, 2.24) is 9.78 Å². The van der Waals surface area contributed by atoms with Gasteiger partial charge < -0.3 is 4.74 Å². The third-order valence-electron chi connectivity index (χ3n) is 2.67. The number of nitrogens with zero attached hydrogens (tertiary/aromatic N) is 2. The third kappa shape index (κ3) is 2.96. The lowest BCUT2D eigenvalue weighted by Crippen LogP contribution is -2.26. The van der Waals surface area contributed by atoms with E-state index in [9.17, 15) is 13.6 Å². The maximum absolute atomic E-state index is 12.6. The van der Waals surface area contributed by atoms with E-state index in [4.69, 9.17) is 4.74 Å². The fourth-order valence-corrected chi connectivity index (χ4v) is 1.65. The van der Waals surface area contributed by atoms with E-state index in [1.807, 2.05) is 0 Å². The standard InChI is InChI=1S/C13H12F2N2O2/c1-19-10-4-2-9(3-5-10)8-17-13(18)11(12(14)15)6-7-16-17/h2-7,12H,8H2,1H3. The summed E-state index contributed by atoms with van der Waals surface area (Å²) in [5.41, 5.74) is -0.529. The lowest BCUT2D eigenvalue weighted by Gasteiger charge is -2.07. The number of aromatic nitrogens is 2. The Morgan fingerprint density at radius 3 is 2.53 bits per heavy atom. The summed E-state index contributed by atoms with van der Waals surface area (Å²) in [5.74, 6) is 0.686. The molecule has 0 N–H and O–H groups in total. The Balaban J connectivity index is 2.28. The minimum Gasteiger partial charge on any atom is -0.497 e. The van der Waals surface area contributed by atoms with Gasteiger partial charge in [-0.3, -0.25) is 4.79 Å². The monoisotopic (exact) mass is 266 g/mol. The van der Waals surface area contributed by atoms with Crippen LogP contribution in [0.2, 0.25) is 0 Å². The average molecular weight is 266 g/mol. The average Bonchev–Trinajstić information content (AvgIpc) is 2.41. The summed E-state index contributed by atoms with van der Waals surface area (Å²) in [6.45, 7) is 0.142. The first-order chi connectivity index (χ1) is 9.11. The quantitative estimate of drug-likeness (QED) is 0.852. The van der Waals surface area contributed by atoms with Crippen LogP contribution < -0.4 is 10.3 Å². The van der Waals surface area contributed by atoms with Crippen LogP contribution in [-0.4, -0.2) is 16.9 Å². The van der Waals surface area contributed by atoms with Gasteiger partial charge in [0.05, 0.1) is 19.2 Å². The summed E-state index contributed by atoms with van der Waals surface area (Å²) < 4.78 is 31.2. The summed E-state index contributed by atoms with van der Waals surface area (Å²) in [5, 5.41) is 3.80. The maximum atomic E-state index is 12.6. The van der Waals surface area contributed by atoms with E-state index in [2.05, 4.69) is 5.10 Å². The topological polar surface area (TPSA) is 44.1 Å². The number of rotatable bonds is 4. The molecule has 0 unspecified atom stereocenters. The molecule has 0 saturated heterocycles. The van der Waals surface area contributed by atoms with Crippen LogP contribution in [0.25, 0.3) is 0 Å². The van der Waals surface area contributed by atoms with Crippen molar-refractivity contribution in [3.05, 3.63) is 58.0 Å². The smallest absolute Gasteiger partial charge is 0.276 e. The fourth-order valence-electron chi connectivity index (χ4n) is 1.65. The van der Waals surface area contributed by atoms with Gasteiger partial charge in [0.25, 0.3) is 12.0 Å². The van der Waals surface area contributed by atoms with Gasteiger partial charge >= 0.3 is 0 Å². The number of halogens is 2. The van der Waals surface area contributed by atoms with Crippen molar-refractivity contribution in [3.63, 3.8) is 0 Å². The van der Waals surface area contributed by atoms with Crippen LogP contribution in [0.5, 0.6) is 5.75 Å². The van der Waals surface area contributed by atoms with Gasteiger partial charge in [-0.1, -0.05) is 12.1 Å². The molecule has 2 aromatic rings. The van der Waals surface area contributed by atoms with Crippen molar-refractivity contribution in [2.24, 2.45) is 0 Å². The van der Waals surface area contributed by atoms with E-state index in [-0.39, 0.29) is 6.54 Å². The first kappa shape index (κ1) is 13.2. The Morgan fingerprint density at radius 1 is 1.26 bits per heavy atom. The van der Waals surface area contributed by atoms with Gasteiger partial charge in [0.15, 0.2) is 0 Å². The zero-order valence-corrected chi connectivity index (χ0v) is 10.2. The molecule has 0 aliphatic rings. The number of hydrogen-bond donors (Lipinski definition) is 0. The van der Waals surface area contributed by atoms with Gasteiger partial charge in [-0.2, -0.15) is 5.10 Å². The molecule has 0 bridgehead atoms. The molecular weight excluding hydrogens is 254 g/mol. The second-order valence-corrected chi connectivity index (χ2v) is 3.90. The number of benzene rings is 1. The molecule has 1 heterocycles. The Morgan fingerprint density at radius 2 is 1.95 bits per heavy atom.